The molecule has 0 aromatic heterocycles. The van der Waals surface area contributed by atoms with Gasteiger partial charge >= 0.3 is 0 Å². The first kappa shape index (κ1) is 11.5. The molecule has 0 aliphatic rings. The summed E-state index contributed by atoms with van der Waals surface area (Å²) >= 11 is 0. The van der Waals surface area contributed by atoms with E-state index in [0.717, 1.165) is 23.5 Å². The summed E-state index contributed by atoms with van der Waals surface area (Å²) in [6.07, 6.45) is 1.01. The number of nitrogens with one attached hydrogen (secondary N) is 1. The van der Waals surface area contributed by atoms with E-state index in [1.165, 1.54) is 11.1 Å². The van der Waals surface area contributed by atoms with Crippen LogP contribution in [0.4, 0.5) is 17.1 Å². The van der Waals surface area contributed by atoms with E-state index in [9.17, 15) is 0 Å². The number of benzene rings is 2. The molecule has 0 amide bonds. The minimum atomic E-state index is 0.779. The molecule has 17 heavy (non-hydrogen) atoms. The van der Waals surface area contributed by atoms with Crippen LogP contribution < -0.4 is 11.1 Å². The Kier molecular flexibility index (Phi) is 3.33. The molecular formula is C15H18N2. The van der Waals surface area contributed by atoms with Crippen molar-refractivity contribution < 1.29 is 0 Å². The van der Waals surface area contributed by atoms with Crippen LogP contribution in [0.25, 0.3) is 0 Å². The van der Waals surface area contributed by atoms with Crippen molar-refractivity contribution in [2.75, 3.05) is 11.1 Å². The van der Waals surface area contributed by atoms with Gasteiger partial charge in [0.15, 0.2) is 0 Å². The number of hydrogen-bond acceptors (Lipinski definition) is 2. The Balaban J connectivity index is 2.34. The van der Waals surface area contributed by atoms with Gasteiger partial charge < -0.3 is 11.1 Å². The molecular weight excluding hydrogens is 208 g/mol. The van der Waals surface area contributed by atoms with Crippen LogP contribution in [0, 0.1) is 6.92 Å². The standard InChI is InChI=1S/C15H18N2/c1-3-12-6-4-5-7-14(12)17-15-10-11(2)8-9-13(15)16/h4-10,17H,3,16H2,1-2H3. The van der Waals surface area contributed by atoms with Crippen molar-refractivity contribution in [3.63, 3.8) is 0 Å². The molecule has 0 bridgehead atoms. The van der Waals surface area contributed by atoms with E-state index in [0.29, 0.717) is 0 Å². The summed E-state index contributed by atoms with van der Waals surface area (Å²) in [7, 11) is 0. The fourth-order valence-electron chi connectivity index (χ4n) is 1.87. The maximum atomic E-state index is 5.97. The zero-order valence-electron chi connectivity index (χ0n) is 10.3. The van der Waals surface area contributed by atoms with Gasteiger partial charge in [-0.25, -0.2) is 0 Å². The first-order chi connectivity index (χ1) is 8.20. The fraction of sp³-hybridized carbons (Fsp3) is 0.200. The topological polar surface area (TPSA) is 38.0 Å². The van der Waals surface area contributed by atoms with Gasteiger partial charge in [-0.2, -0.15) is 0 Å². The van der Waals surface area contributed by atoms with Gasteiger partial charge in [0.25, 0.3) is 0 Å². The lowest BCUT2D eigenvalue weighted by molar-refractivity contribution is 1.14. The third-order valence-electron chi connectivity index (χ3n) is 2.88. The summed E-state index contributed by atoms with van der Waals surface area (Å²) in [6, 6.07) is 14.3. The first-order valence-corrected chi connectivity index (χ1v) is 5.91. The molecule has 2 aromatic carbocycles. The van der Waals surface area contributed by atoms with Crippen LogP contribution in [0.5, 0.6) is 0 Å². The Morgan fingerprint density at radius 1 is 1.06 bits per heavy atom. The number of nitrogen functional groups attached to an aromatic ring is 1. The number of para-hydroxylation sites is 1. The van der Waals surface area contributed by atoms with Gasteiger partial charge in [-0.1, -0.05) is 31.2 Å². The summed E-state index contributed by atoms with van der Waals surface area (Å²) in [4.78, 5) is 0. The zero-order chi connectivity index (χ0) is 12.3. The van der Waals surface area contributed by atoms with Crippen molar-refractivity contribution in [3.05, 3.63) is 53.6 Å². The Morgan fingerprint density at radius 2 is 1.82 bits per heavy atom. The van der Waals surface area contributed by atoms with E-state index in [-0.39, 0.29) is 0 Å². The molecule has 2 heteroatoms. The molecule has 0 aliphatic heterocycles. The normalized spacial score (nSPS) is 10.2. The van der Waals surface area contributed by atoms with Crippen LogP contribution >= 0.6 is 0 Å². The van der Waals surface area contributed by atoms with E-state index in [1.54, 1.807) is 0 Å². The third-order valence-corrected chi connectivity index (χ3v) is 2.88. The molecule has 0 fully saturated rings. The van der Waals surface area contributed by atoms with Crippen molar-refractivity contribution in [1.82, 2.24) is 0 Å². The predicted molar refractivity (Wildman–Crippen MR) is 74.7 cm³/mol. The van der Waals surface area contributed by atoms with Crippen LogP contribution in [-0.4, -0.2) is 0 Å². The zero-order valence-corrected chi connectivity index (χ0v) is 10.3. The highest BCUT2D eigenvalue weighted by Crippen LogP contribution is 2.26. The van der Waals surface area contributed by atoms with E-state index < -0.39 is 0 Å². The smallest absolute Gasteiger partial charge is 0.0620 e. The lowest BCUT2D eigenvalue weighted by Gasteiger charge is -2.13. The van der Waals surface area contributed by atoms with Crippen molar-refractivity contribution in [3.8, 4) is 0 Å². The largest absolute Gasteiger partial charge is 0.397 e. The van der Waals surface area contributed by atoms with Crippen molar-refractivity contribution >= 4 is 17.1 Å². The second kappa shape index (κ2) is 4.91. The lowest BCUT2D eigenvalue weighted by Crippen LogP contribution is -1.99. The molecule has 2 rings (SSSR count). The van der Waals surface area contributed by atoms with E-state index in [4.69, 9.17) is 5.73 Å². The number of aryl methyl sites for hydroxylation is 2. The van der Waals surface area contributed by atoms with Crippen LogP contribution in [0.1, 0.15) is 18.1 Å². The van der Waals surface area contributed by atoms with Gasteiger partial charge in [-0.05, 0) is 42.7 Å². The van der Waals surface area contributed by atoms with Crippen molar-refractivity contribution in [1.29, 1.82) is 0 Å². The van der Waals surface area contributed by atoms with Crippen LogP contribution in [0.15, 0.2) is 42.5 Å². The maximum Gasteiger partial charge on any atom is 0.0620 e. The Morgan fingerprint density at radius 3 is 2.59 bits per heavy atom. The molecule has 0 saturated heterocycles. The highest BCUT2D eigenvalue weighted by Gasteiger charge is 2.03. The molecule has 0 saturated carbocycles. The van der Waals surface area contributed by atoms with E-state index in [2.05, 4.69) is 43.4 Å². The van der Waals surface area contributed by atoms with Gasteiger partial charge in [-0.3, -0.25) is 0 Å². The van der Waals surface area contributed by atoms with Crippen LogP contribution in [0.3, 0.4) is 0 Å². The summed E-state index contributed by atoms with van der Waals surface area (Å²) in [5, 5.41) is 3.41. The molecule has 0 atom stereocenters. The van der Waals surface area contributed by atoms with Crippen molar-refractivity contribution in [2.45, 2.75) is 20.3 Å². The lowest BCUT2D eigenvalue weighted by atomic mass is 10.1. The second-order valence-corrected chi connectivity index (χ2v) is 4.23. The Hall–Kier alpha value is -1.96. The molecule has 0 radical (unpaired) electrons. The van der Waals surface area contributed by atoms with Gasteiger partial charge in [0.05, 0.1) is 11.4 Å². The number of nitrogens with two attached hydrogens (primary N) is 1. The van der Waals surface area contributed by atoms with Gasteiger partial charge in [0.1, 0.15) is 0 Å². The van der Waals surface area contributed by atoms with Gasteiger partial charge in [0.2, 0.25) is 0 Å². The molecule has 0 heterocycles. The monoisotopic (exact) mass is 226 g/mol. The summed E-state index contributed by atoms with van der Waals surface area (Å²) in [5.74, 6) is 0. The Bertz CT molecular complexity index is 518. The van der Waals surface area contributed by atoms with Crippen LogP contribution in [0.2, 0.25) is 0 Å². The quantitative estimate of drug-likeness (QED) is 0.779. The average molecular weight is 226 g/mol. The van der Waals surface area contributed by atoms with Crippen LogP contribution in [-0.2, 0) is 6.42 Å². The van der Waals surface area contributed by atoms with Gasteiger partial charge in [0, 0.05) is 5.69 Å². The number of rotatable bonds is 3. The first-order valence-electron chi connectivity index (χ1n) is 5.91. The van der Waals surface area contributed by atoms with Crippen molar-refractivity contribution in [2.24, 2.45) is 0 Å². The molecule has 2 nitrogen and oxygen atoms in total. The second-order valence-electron chi connectivity index (χ2n) is 4.23. The number of anilines is 3. The Labute approximate surface area is 102 Å². The van der Waals surface area contributed by atoms with E-state index in [1.807, 2.05) is 18.2 Å². The number of hydrogen-bond donors (Lipinski definition) is 2. The maximum absolute atomic E-state index is 5.97. The SMILES string of the molecule is CCc1ccccc1Nc1cc(C)ccc1N. The average Bonchev–Trinajstić information content (AvgIpc) is 2.34. The highest BCUT2D eigenvalue weighted by molar-refractivity contribution is 5.74. The minimum absolute atomic E-state index is 0.779. The molecule has 2 aromatic rings. The summed E-state index contributed by atoms with van der Waals surface area (Å²) < 4.78 is 0. The highest BCUT2D eigenvalue weighted by atomic mass is 14.9. The summed E-state index contributed by atoms with van der Waals surface area (Å²) in [6.45, 7) is 4.22. The van der Waals surface area contributed by atoms with Gasteiger partial charge in [-0.15, -0.1) is 0 Å². The fourth-order valence-corrected chi connectivity index (χ4v) is 1.87. The molecule has 0 unspecified atom stereocenters. The predicted octanol–water partition coefficient (Wildman–Crippen LogP) is 3.88. The minimum Gasteiger partial charge on any atom is -0.397 e. The van der Waals surface area contributed by atoms with E-state index >= 15 is 0 Å². The molecule has 0 spiro atoms. The molecule has 0 aliphatic carbocycles. The third kappa shape index (κ3) is 2.59. The molecule has 88 valence electrons. The molecule has 3 N–H and O–H groups in total. The summed E-state index contributed by atoms with van der Waals surface area (Å²) in [5.41, 5.74) is 11.4.